The van der Waals surface area contributed by atoms with Crippen molar-refractivity contribution in [3.63, 3.8) is 0 Å². The smallest absolute Gasteiger partial charge is 0.122 e. The van der Waals surface area contributed by atoms with E-state index in [1.54, 1.807) is 7.11 Å². The third-order valence-electron chi connectivity index (χ3n) is 3.64. The van der Waals surface area contributed by atoms with Gasteiger partial charge in [-0.2, -0.15) is 0 Å². The van der Waals surface area contributed by atoms with Crippen LogP contribution in [-0.2, 0) is 12.8 Å². The van der Waals surface area contributed by atoms with Crippen LogP contribution >= 0.6 is 23.2 Å². The van der Waals surface area contributed by atoms with E-state index in [1.807, 2.05) is 31.2 Å². The Balaban J connectivity index is 2.13. The summed E-state index contributed by atoms with van der Waals surface area (Å²) in [7, 11) is 1.70. The fraction of sp³-hybridized carbons (Fsp3) is 0.333. The molecule has 0 radical (unpaired) electrons. The quantitative estimate of drug-likeness (QED) is 0.656. The summed E-state index contributed by atoms with van der Waals surface area (Å²) in [5.74, 6) is 1.85. The fourth-order valence-electron chi connectivity index (χ4n) is 2.49. The Morgan fingerprint density at radius 3 is 2.43 bits per heavy atom. The molecular formula is C18H20Cl2O. The van der Waals surface area contributed by atoms with Crippen LogP contribution in [0.5, 0.6) is 5.75 Å². The monoisotopic (exact) mass is 322 g/mol. The van der Waals surface area contributed by atoms with Crippen LogP contribution in [0.3, 0.4) is 0 Å². The third-order valence-corrected chi connectivity index (χ3v) is 4.42. The van der Waals surface area contributed by atoms with Gasteiger partial charge in [0.2, 0.25) is 0 Å². The van der Waals surface area contributed by atoms with Crippen molar-refractivity contribution in [2.24, 2.45) is 5.92 Å². The van der Waals surface area contributed by atoms with Crippen molar-refractivity contribution in [3.8, 4) is 5.75 Å². The van der Waals surface area contributed by atoms with Crippen molar-refractivity contribution in [3.05, 3.63) is 64.2 Å². The van der Waals surface area contributed by atoms with Crippen molar-refractivity contribution in [1.82, 2.24) is 0 Å². The van der Waals surface area contributed by atoms with Crippen LogP contribution in [-0.4, -0.2) is 13.0 Å². The largest absolute Gasteiger partial charge is 0.496 e. The summed E-state index contributed by atoms with van der Waals surface area (Å²) < 4.78 is 5.41. The summed E-state index contributed by atoms with van der Waals surface area (Å²) in [5.41, 5.74) is 3.52. The second-order valence-corrected chi connectivity index (χ2v) is 6.05. The van der Waals surface area contributed by atoms with E-state index in [9.17, 15) is 0 Å². The van der Waals surface area contributed by atoms with E-state index >= 15 is 0 Å². The van der Waals surface area contributed by atoms with Crippen LogP contribution in [0.4, 0.5) is 0 Å². The summed E-state index contributed by atoms with van der Waals surface area (Å²) in [5, 5.41) is 0.824. The van der Waals surface area contributed by atoms with Crippen LogP contribution in [0, 0.1) is 12.8 Å². The van der Waals surface area contributed by atoms with Crippen LogP contribution < -0.4 is 4.74 Å². The van der Waals surface area contributed by atoms with E-state index in [-0.39, 0.29) is 0 Å². The fourth-order valence-corrected chi connectivity index (χ4v) is 3.02. The number of alkyl halides is 1. The first-order valence-electron chi connectivity index (χ1n) is 7.07. The number of aryl methyl sites for hydroxylation is 1. The van der Waals surface area contributed by atoms with Crippen molar-refractivity contribution in [2.45, 2.75) is 19.8 Å². The van der Waals surface area contributed by atoms with E-state index in [0.29, 0.717) is 11.8 Å². The molecule has 0 amide bonds. The summed E-state index contributed by atoms with van der Waals surface area (Å²) in [4.78, 5) is 0. The molecular weight excluding hydrogens is 303 g/mol. The van der Waals surface area contributed by atoms with Crippen LogP contribution in [0.1, 0.15) is 16.7 Å². The zero-order valence-electron chi connectivity index (χ0n) is 12.4. The molecule has 0 N–H and O–H groups in total. The molecule has 2 aromatic carbocycles. The Morgan fingerprint density at radius 1 is 1.05 bits per heavy atom. The molecule has 1 atom stereocenters. The van der Waals surface area contributed by atoms with Gasteiger partial charge in [0, 0.05) is 10.9 Å². The lowest BCUT2D eigenvalue weighted by molar-refractivity contribution is 0.405. The number of rotatable bonds is 6. The Morgan fingerprint density at radius 2 is 1.76 bits per heavy atom. The lowest BCUT2D eigenvalue weighted by Crippen LogP contribution is -2.11. The van der Waals surface area contributed by atoms with E-state index in [4.69, 9.17) is 27.9 Å². The Kier molecular flexibility index (Phi) is 5.96. The van der Waals surface area contributed by atoms with Crippen LogP contribution in [0.25, 0.3) is 0 Å². The van der Waals surface area contributed by atoms with Gasteiger partial charge in [0.25, 0.3) is 0 Å². The highest BCUT2D eigenvalue weighted by molar-refractivity contribution is 6.31. The lowest BCUT2D eigenvalue weighted by atomic mass is 9.93. The highest BCUT2D eigenvalue weighted by Gasteiger charge is 2.14. The topological polar surface area (TPSA) is 9.23 Å². The van der Waals surface area contributed by atoms with Crippen molar-refractivity contribution in [1.29, 1.82) is 0 Å². The standard InChI is InChI=1S/C18H20Cl2O/c1-13-7-8-15(17(20)9-13)10-14(12-19)11-16-5-3-4-6-18(16)21-2/h3-9,14H,10-12H2,1-2H3. The number of methoxy groups -OCH3 is 1. The number of benzene rings is 2. The minimum atomic E-state index is 0.336. The van der Waals surface area contributed by atoms with Gasteiger partial charge < -0.3 is 4.74 Å². The molecule has 0 heterocycles. The zero-order valence-corrected chi connectivity index (χ0v) is 13.9. The number of hydrogen-bond acceptors (Lipinski definition) is 1. The first-order valence-corrected chi connectivity index (χ1v) is 7.98. The first kappa shape index (κ1) is 16.2. The highest BCUT2D eigenvalue weighted by Crippen LogP contribution is 2.26. The molecule has 0 bridgehead atoms. The molecule has 0 aliphatic rings. The molecule has 112 valence electrons. The Labute approximate surface area is 136 Å². The van der Waals surface area contributed by atoms with Crippen molar-refractivity contribution < 1.29 is 4.74 Å². The van der Waals surface area contributed by atoms with Gasteiger partial charge in [-0.1, -0.05) is 41.9 Å². The lowest BCUT2D eigenvalue weighted by Gasteiger charge is -2.17. The summed E-state index contributed by atoms with van der Waals surface area (Å²) >= 11 is 12.5. The van der Waals surface area contributed by atoms with Crippen molar-refractivity contribution in [2.75, 3.05) is 13.0 Å². The van der Waals surface area contributed by atoms with Gasteiger partial charge in [0.1, 0.15) is 5.75 Å². The normalized spacial score (nSPS) is 12.2. The van der Waals surface area contributed by atoms with Gasteiger partial charge in [-0.25, -0.2) is 0 Å². The molecule has 2 rings (SSSR count). The van der Waals surface area contributed by atoms with E-state index in [1.165, 1.54) is 11.1 Å². The molecule has 0 saturated carbocycles. The number of ether oxygens (including phenoxy) is 1. The molecule has 21 heavy (non-hydrogen) atoms. The minimum Gasteiger partial charge on any atom is -0.496 e. The molecule has 0 aliphatic heterocycles. The maximum atomic E-state index is 6.32. The second-order valence-electron chi connectivity index (χ2n) is 5.34. The molecule has 0 fully saturated rings. The predicted molar refractivity (Wildman–Crippen MR) is 90.8 cm³/mol. The molecule has 3 heteroatoms. The molecule has 0 aliphatic carbocycles. The summed E-state index contributed by atoms with van der Waals surface area (Å²) in [6.45, 7) is 2.05. The van der Waals surface area contributed by atoms with Gasteiger partial charge in [-0.15, -0.1) is 11.6 Å². The molecule has 1 unspecified atom stereocenters. The molecule has 2 aromatic rings. The predicted octanol–water partition coefficient (Wildman–Crippen LogP) is 5.30. The van der Waals surface area contributed by atoms with Gasteiger partial charge in [-0.3, -0.25) is 0 Å². The number of para-hydroxylation sites is 1. The first-order chi connectivity index (χ1) is 10.1. The summed E-state index contributed by atoms with van der Waals surface area (Å²) in [6, 6.07) is 14.3. The average molecular weight is 323 g/mol. The third kappa shape index (κ3) is 4.39. The number of hydrogen-bond donors (Lipinski definition) is 0. The van der Waals surface area contributed by atoms with E-state index in [0.717, 1.165) is 29.2 Å². The van der Waals surface area contributed by atoms with Gasteiger partial charge in [-0.05, 0) is 54.5 Å². The van der Waals surface area contributed by atoms with Crippen LogP contribution in [0.15, 0.2) is 42.5 Å². The number of halogens is 2. The SMILES string of the molecule is COc1ccccc1CC(CCl)Cc1ccc(C)cc1Cl. The Bertz CT molecular complexity index is 596. The zero-order chi connectivity index (χ0) is 15.2. The van der Waals surface area contributed by atoms with Gasteiger partial charge >= 0.3 is 0 Å². The minimum absolute atomic E-state index is 0.336. The second kappa shape index (κ2) is 7.72. The average Bonchev–Trinajstić information content (AvgIpc) is 2.49. The maximum absolute atomic E-state index is 6.32. The molecule has 1 nitrogen and oxygen atoms in total. The maximum Gasteiger partial charge on any atom is 0.122 e. The van der Waals surface area contributed by atoms with Crippen molar-refractivity contribution >= 4 is 23.2 Å². The molecule has 0 spiro atoms. The van der Waals surface area contributed by atoms with E-state index in [2.05, 4.69) is 18.2 Å². The Hall–Kier alpha value is -1.18. The van der Waals surface area contributed by atoms with Gasteiger partial charge in [0.15, 0.2) is 0 Å². The van der Waals surface area contributed by atoms with Crippen LogP contribution in [0.2, 0.25) is 5.02 Å². The highest BCUT2D eigenvalue weighted by atomic mass is 35.5. The van der Waals surface area contributed by atoms with Gasteiger partial charge in [0.05, 0.1) is 7.11 Å². The molecule has 0 saturated heterocycles. The summed E-state index contributed by atoms with van der Waals surface area (Å²) in [6.07, 6.45) is 1.76. The molecule has 0 aromatic heterocycles. The van der Waals surface area contributed by atoms with E-state index < -0.39 is 0 Å².